The predicted octanol–water partition coefficient (Wildman–Crippen LogP) is 2.30. The SMILES string of the molecule is CCOc1ccccc1NC(=O)COC(=O)c1csc(NC(C)=O)n1. The van der Waals surface area contributed by atoms with Crippen molar-refractivity contribution in [3.63, 3.8) is 0 Å². The summed E-state index contributed by atoms with van der Waals surface area (Å²) < 4.78 is 10.3. The fourth-order valence-electron chi connectivity index (χ4n) is 1.82. The van der Waals surface area contributed by atoms with Crippen LogP contribution in [-0.2, 0) is 14.3 Å². The Kier molecular flexibility index (Phi) is 6.47. The van der Waals surface area contributed by atoms with Crippen molar-refractivity contribution in [1.29, 1.82) is 0 Å². The average molecular weight is 363 g/mol. The molecule has 0 aliphatic carbocycles. The van der Waals surface area contributed by atoms with Crippen LogP contribution in [0.4, 0.5) is 10.8 Å². The Morgan fingerprint density at radius 2 is 1.96 bits per heavy atom. The van der Waals surface area contributed by atoms with Crippen LogP contribution in [0.15, 0.2) is 29.6 Å². The molecule has 0 aliphatic rings. The zero-order valence-corrected chi connectivity index (χ0v) is 14.5. The van der Waals surface area contributed by atoms with Gasteiger partial charge in [-0.05, 0) is 19.1 Å². The van der Waals surface area contributed by atoms with Gasteiger partial charge < -0.3 is 20.1 Å². The average Bonchev–Trinajstić information content (AvgIpc) is 3.02. The Labute approximate surface area is 148 Å². The van der Waals surface area contributed by atoms with Crippen molar-refractivity contribution in [3.8, 4) is 5.75 Å². The van der Waals surface area contributed by atoms with Gasteiger partial charge in [-0.2, -0.15) is 0 Å². The molecule has 0 fully saturated rings. The van der Waals surface area contributed by atoms with Gasteiger partial charge in [-0.25, -0.2) is 9.78 Å². The summed E-state index contributed by atoms with van der Waals surface area (Å²) in [5.74, 6) is -1.01. The summed E-state index contributed by atoms with van der Waals surface area (Å²) in [6, 6.07) is 6.95. The molecule has 1 aromatic heterocycles. The summed E-state index contributed by atoms with van der Waals surface area (Å²) in [6.07, 6.45) is 0. The van der Waals surface area contributed by atoms with Crippen LogP contribution in [0.3, 0.4) is 0 Å². The van der Waals surface area contributed by atoms with Gasteiger partial charge in [0, 0.05) is 12.3 Å². The number of nitrogens with zero attached hydrogens (tertiary/aromatic N) is 1. The lowest BCUT2D eigenvalue weighted by molar-refractivity contribution is -0.119. The van der Waals surface area contributed by atoms with Gasteiger partial charge in [0.05, 0.1) is 12.3 Å². The predicted molar refractivity (Wildman–Crippen MR) is 92.9 cm³/mol. The molecule has 9 heteroatoms. The maximum absolute atomic E-state index is 11.9. The van der Waals surface area contributed by atoms with E-state index in [1.165, 1.54) is 12.3 Å². The largest absolute Gasteiger partial charge is 0.492 e. The Bertz CT molecular complexity index is 775. The number of esters is 1. The highest BCUT2D eigenvalue weighted by molar-refractivity contribution is 7.14. The van der Waals surface area contributed by atoms with Crippen molar-refractivity contribution in [2.75, 3.05) is 23.8 Å². The number of hydrogen-bond acceptors (Lipinski definition) is 7. The highest BCUT2D eigenvalue weighted by Crippen LogP contribution is 2.23. The van der Waals surface area contributed by atoms with Gasteiger partial charge in [-0.15, -0.1) is 11.3 Å². The highest BCUT2D eigenvalue weighted by Gasteiger charge is 2.15. The Hall–Kier alpha value is -2.94. The zero-order valence-electron chi connectivity index (χ0n) is 13.7. The molecule has 1 aromatic carbocycles. The van der Waals surface area contributed by atoms with Crippen LogP contribution >= 0.6 is 11.3 Å². The Balaban J connectivity index is 1.88. The van der Waals surface area contributed by atoms with E-state index in [1.54, 1.807) is 24.3 Å². The van der Waals surface area contributed by atoms with Gasteiger partial charge in [0.2, 0.25) is 5.91 Å². The number of anilines is 2. The van der Waals surface area contributed by atoms with Gasteiger partial charge in [0.15, 0.2) is 17.4 Å². The normalized spacial score (nSPS) is 10.0. The van der Waals surface area contributed by atoms with Crippen LogP contribution < -0.4 is 15.4 Å². The number of aromatic nitrogens is 1. The number of ether oxygens (including phenoxy) is 2. The molecule has 8 nitrogen and oxygen atoms in total. The fraction of sp³-hybridized carbons (Fsp3) is 0.250. The molecular formula is C16H17N3O5S. The number of amides is 2. The van der Waals surface area contributed by atoms with E-state index >= 15 is 0 Å². The number of benzene rings is 1. The number of nitrogens with one attached hydrogen (secondary N) is 2. The molecular weight excluding hydrogens is 346 g/mol. The molecule has 2 rings (SSSR count). The lowest BCUT2D eigenvalue weighted by Crippen LogP contribution is -2.21. The number of carbonyl (C=O) groups is 3. The minimum Gasteiger partial charge on any atom is -0.492 e. The third-order valence-corrected chi connectivity index (χ3v) is 3.55. The Morgan fingerprint density at radius 1 is 1.20 bits per heavy atom. The second-order valence-corrected chi connectivity index (χ2v) is 5.63. The summed E-state index contributed by atoms with van der Waals surface area (Å²) in [7, 11) is 0. The van der Waals surface area contributed by atoms with E-state index in [9.17, 15) is 14.4 Å². The van der Waals surface area contributed by atoms with Crippen LogP contribution in [0.2, 0.25) is 0 Å². The lowest BCUT2D eigenvalue weighted by atomic mass is 10.3. The maximum Gasteiger partial charge on any atom is 0.358 e. The van der Waals surface area contributed by atoms with E-state index in [1.807, 2.05) is 6.92 Å². The number of carbonyl (C=O) groups excluding carboxylic acids is 3. The molecule has 1 heterocycles. The van der Waals surface area contributed by atoms with Gasteiger partial charge in [-0.1, -0.05) is 12.1 Å². The van der Waals surface area contributed by atoms with Crippen LogP contribution in [-0.4, -0.2) is 36.0 Å². The second-order valence-electron chi connectivity index (χ2n) is 4.77. The first kappa shape index (κ1) is 18.4. The van der Waals surface area contributed by atoms with Crippen molar-refractivity contribution < 1.29 is 23.9 Å². The van der Waals surface area contributed by atoms with Crippen LogP contribution in [0.1, 0.15) is 24.3 Å². The molecule has 0 saturated carbocycles. The van der Waals surface area contributed by atoms with Crippen molar-refractivity contribution in [2.45, 2.75) is 13.8 Å². The molecule has 0 bridgehead atoms. The molecule has 0 saturated heterocycles. The van der Waals surface area contributed by atoms with Crippen molar-refractivity contribution in [3.05, 3.63) is 35.3 Å². The summed E-state index contributed by atoms with van der Waals surface area (Å²) in [5, 5.41) is 6.81. The molecule has 2 N–H and O–H groups in total. The molecule has 0 atom stereocenters. The molecule has 0 aliphatic heterocycles. The van der Waals surface area contributed by atoms with Gasteiger partial charge in [-0.3, -0.25) is 9.59 Å². The monoisotopic (exact) mass is 363 g/mol. The van der Waals surface area contributed by atoms with E-state index in [4.69, 9.17) is 9.47 Å². The number of hydrogen-bond donors (Lipinski definition) is 2. The second kappa shape index (κ2) is 8.78. The van der Waals surface area contributed by atoms with Crippen molar-refractivity contribution in [1.82, 2.24) is 4.98 Å². The van der Waals surface area contributed by atoms with Gasteiger partial charge in [0.1, 0.15) is 5.75 Å². The van der Waals surface area contributed by atoms with Crippen molar-refractivity contribution in [2.24, 2.45) is 0 Å². The third kappa shape index (κ3) is 5.57. The summed E-state index contributed by atoms with van der Waals surface area (Å²) in [5.41, 5.74) is 0.517. The lowest BCUT2D eigenvalue weighted by Gasteiger charge is -2.11. The van der Waals surface area contributed by atoms with Crippen LogP contribution in [0, 0.1) is 0 Å². The molecule has 132 valence electrons. The molecule has 0 unspecified atom stereocenters. The van der Waals surface area contributed by atoms with Crippen LogP contribution in [0.25, 0.3) is 0 Å². The van der Waals surface area contributed by atoms with Gasteiger partial charge >= 0.3 is 5.97 Å². The summed E-state index contributed by atoms with van der Waals surface area (Å²) in [4.78, 5) is 38.7. The van der Waals surface area contributed by atoms with E-state index in [-0.39, 0.29) is 16.7 Å². The minimum atomic E-state index is -0.749. The van der Waals surface area contributed by atoms with Crippen molar-refractivity contribution >= 4 is 39.9 Å². The minimum absolute atomic E-state index is 0.0243. The molecule has 2 aromatic rings. The first-order valence-corrected chi connectivity index (χ1v) is 8.29. The fourth-order valence-corrected chi connectivity index (χ4v) is 2.54. The van der Waals surface area contributed by atoms with E-state index in [2.05, 4.69) is 15.6 Å². The number of rotatable bonds is 7. The number of thiazole rings is 1. The summed E-state index contributed by atoms with van der Waals surface area (Å²) >= 11 is 1.09. The summed E-state index contributed by atoms with van der Waals surface area (Å²) in [6.45, 7) is 3.17. The maximum atomic E-state index is 11.9. The van der Waals surface area contributed by atoms with Crippen LogP contribution in [0.5, 0.6) is 5.75 Å². The topological polar surface area (TPSA) is 107 Å². The quantitative estimate of drug-likeness (QED) is 0.731. The zero-order chi connectivity index (χ0) is 18.2. The molecule has 0 spiro atoms. The number of para-hydroxylation sites is 2. The third-order valence-electron chi connectivity index (χ3n) is 2.79. The van der Waals surface area contributed by atoms with E-state index < -0.39 is 18.5 Å². The van der Waals surface area contributed by atoms with E-state index in [0.29, 0.717) is 18.0 Å². The first-order valence-electron chi connectivity index (χ1n) is 7.41. The van der Waals surface area contributed by atoms with Gasteiger partial charge in [0.25, 0.3) is 5.91 Å². The van der Waals surface area contributed by atoms with E-state index in [0.717, 1.165) is 11.3 Å². The molecule has 0 radical (unpaired) electrons. The Morgan fingerprint density at radius 3 is 2.68 bits per heavy atom. The first-order chi connectivity index (χ1) is 12.0. The molecule has 25 heavy (non-hydrogen) atoms. The standard InChI is InChI=1S/C16H17N3O5S/c1-3-23-13-7-5-4-6-11(13)18-14(21)8-24-15(22)12-9-25-16(19-12)17-10(2)20/h4-7,9H,3,8H2,1-2H3,(H,18,21)(H,17,19,20). The smallest absolute Gasteiger partial charge is 0.358 e. The highest BCUT2D eigenvalue weighted by atomic mass is 32.1. The molecule has 2 amide bonds.